The van der Waals surface area contributed by atoms with Crippen LogP contribution < -0.4 is 10.5 Å². The quantitative estimate of drug-likeness (QED) is 0.906. The predicted octanol–water partition coefficient (Wildman–Crippen LogP) is 3.61. The van der Waals surface area contributed by atoms with E-state index in [2.05, 4.69) is 0 Å². The van der Waals surface area contributed by atoms with Gasteiger partial charge in [0.25, 0.3) is 0 Å². The summed E-state index contributed by atoms with van der Waals surface area (Å²) >= 11 is 0. The fraction of sp³-hybridized carbons (Fsp3) is 0.250. The highest BCUT2D eigenvalue weighted by Crippen LogP contribution is 2.26. The maximum Gasteiger partial charge on any atom is 0.126 e. The molecule has 20 heavy (non-hydrogen) atoms. The van der Waals surface area contributed by atoms with E-state index in [-0.39, 0.29) is 6.04 Å². The number of hydrogen-bond donors (Lipinski definition) is 1. The van der Waals surface area contributed by atoms with E-state index in [0.717, 1.165) is 11.6 Å². The molecule has 2 rings (SSSR count). The highest BCUT2D eigenvalue weighted by atomic mass is 19.1. The molecule has 106 valence electrons. The lowest BCUT2D eigenvalue weighted by Crippen LogP contribution is -2.15. The molecule has 2 nitrogen and oxygen atoms in total. The lowest BCUT2D eigenvalue weighted by molar-refractivity contribution is 0.334. The number of halogens is 2. The fourth-order valence-electron chi connectivity index (χ4n) is 2.17. The SMILES string of the molecule is CCOc1ccccc1C(N)Cc1cc(F)cc(F)c1. The van der Waals surface area contributed by atoms with Gasteiger partial charge >= 0.3 is 0 Å². The van der Waals surface area contributed by atoms with E-state index in [0.29, 0.717) is 24.3 Å². The van der Waals surface area contributed by atoms with E-state index in [1.807, 2.05) is 31.2 Å². The summed E-state index contributed by atoms with van der Waals surface area (Å²) in [6.45, 7) is 2.43. The van der Waals surface area contributed by atoms with Crippen LogP contribution in [0.4, 0.5) is 8.78 Å². The third kappa shape index (κ3) is 3.54. The Balaban J connectivity index is 2.21. The summed E-state index contributed by atoms with van der Waals surface area (Å²) in [6, 6.07) is 10.5. The van der Waals surface area contributed by atoms with Crippen LogP contribution in [0.1, 0.15) is 24.1 Å². The fourth-order valence-corrected chi connectivity index (χ4v) is 2.17. The molecule has 0 aliphatic heterocycles. The van der Waals surface area contributed by atoms with Gasteiger partial charge < -0.3 is 10.5 Å². The number of ether oxygens (including phenoxy) is 1. The van der Waals surface area contributed by atoms with E-state index in [9.17, 15) is 8.78 Å². The van der Waals surface area contributed by atoms with Crippen LogP contribution >= 0.6 is 0 Å². The first-order chi connectivity index (χ1) is 9.60. The summed E-state index contributed by atoms with van der Waals surface area (Å²) in [7, 11) is 0. The zero-order chi connectivity index (χ0) is 14.5. The van der Waals surface area contributed by atoms with Crippen LogP contribution in [-0.4, -0.2) is 6.61 Å². The molecule has 0 heterocycles. The standard InChI is InChI=1S/C16H17F2NO/c1-2-20-16-6-4-3-5-14(16)15(19)9-11-7-12(17)10-13(18)8-11/h3-8,10,15H,2,9,19H2,1H3. The molecule has 0 fully saturated rings. The number of rotatable bonds is 5. The molecule has 0 saturated heterocycles. The number of hydrogen-bond acceptors (Lipinski definition) is 2. The zero-order valence-electron chi connectivity index (χ0n) is 11.3. The third-order valence-electron chi connectivity index (χ3n) is 3.00. The Labute approximate surface area is 117 Å². The first-order valence-corrected chi connectivity index (χ1v) is 6.52. The van der Waals surface area contributed by atoms with Gasteiger partial charge in [-0.15, -0.1) is 0 Å². The summed E-state index contributed by atoms with van der Waals surface area (Å²) in [6.07, 6.45) is 0.346. The lowest BCUT2D eigenvalue weighted by atomic mass is 9.99. The summed E-state index contributed by atoms with van der Waals surface area (Å²) in [5.41, 5.74) is 7.49. The maximum atomic E-state index is 13.2. The Morgan fingerprint density at radius 1 is 1.10 bits per heavy atom. The van der Waals surface area contributed by atoms with Crippen LogP contribution in [0.5, 0.6) is 5.75 Å². The summed E-state index contributed by atoms with van der Waals surface area (Å²) in [5.74, 6) is -0.477. The predicted molar refractivity (Wildman–Crippen MR) is 74.6 cm³/mol. The molecule has 4 heteroatoms. The molecule has 0 aliphatic rings. The molecule has 0 radical (unpaired) electrons. The minimum absolute atomic E-state index is 0.346. The van der Waals surface area contributed by atoms with Crippen molar-refractivity contribution in [3.05, 3.63) is 65.2 Å². The van der Waals surface area contributed by atoms with Gasteiger partial charge in [0.05, 0.1) is 6.61 Å². The Kier molecular flexibility index (Phi) is 4.69. The van der Waals surface area contributed by atoms with E-state index in [1.54, 1.807) is 0 Å². The summed E-state index contributed by atoms with van der Waals surface area (Å²) in [5, 5.41) is 0. The van der Waals surface area contributed by atoms with Crippen LogP contribution in [0.2, 0.25) is 0 Å². The number of para-hydroxylation sites is 1. The van der Waals surface area contributed by atoms with Crippen molar-refractivity contribution in [2.75, 3.05) is 6.61 Å². The van der Waals surface area contributed by atoms with Crippen LogP contribution in [0.25, 0.3) is 0 Å². The molecule has 0 spiro atoms. The minimum Gasteiger partial charge on any atom is -0.494 e. The van der Waals surface area contributed by atoms with Crippen molar-refractivity contribution in [1.29, 1.82) is 0 Å². The number of benzene rings is 2. The molecule has 1 atom stereocenters. The second-order valence-electron chi connectivity index (χ2n) is 4.56. The van der Waals surface area contributed by atoms with Gasteiger partial charge in [-0.25, -0.2) is 8.78 Å². The molecular weight excluding hydrogens is 260 g/mol. The molecule has 0 amide bonds. The normalized spacial score (nSPS) is 12.2. The Morgan fingerprint density at radius 2 is 1.75 bits per heavy atom. The molecule has 2 aromatic carbocycles. The van der Waals surface area contributed by atoms with Crippen LogP contribution in [0.3, 0.4) is 0 Å². The van der Waals surface area contributed by atoms with Crippen molar-refractivity contribution in [1.82, 2.24) is 0 Å². The van der Waals surface area contributed by atoms with E-state index < -0.39 is 11.6 Å². The smallest absolute Gasteiger partial charge is 0.126 e. The van der Waals surface area contributed by atoms with Crippen molar-refractivity contribution in [2.24, 2.45) is 5.73 Å². The second-order valence-corrected chi connectivity index (χ2v) is 4.56. The Hall–Kier alpha value is -1.94. The van der Waals surface area contributed by atoms with Gasteiger partial charge in [-0.2, -0.15) is 0 Å². The lowest BCUT2D eigenvalue weighted by Gasteiger charge is -2.16. The Morgan fingerprint density at radius 3 is 2.40 bits per heavy atom. The first-order valence-electron chi connectivity index (χ1n) is 6.52. The summed E-state index contributed by atoms with van der Waals surface area (Å²) < 4.78 is 31.9. The molecule has 0 aliphatic carbocycles. The largest absolute Gasteiger partial charge is 0.494 e. The molecule has 2 aromatic rings. The average Bonchev–Trinajstić information content (AvgIpc) is 2.38. The van der Waals surface area contributed by atoms with Crippen LogP contribution in [-0.2, 0) is 6.42 Å². The maximum absolute atomic E-state index is 13.2. The second kappa shape index (κ2) is 6.48. The monoisotopic (exact) mass is 277 g/mol. The van der Waals surface area contributed by atoms with Crippen molar-refractivity contribution < 1.29 is 13.5 Å². The van der Waals surface area contributed by atoms with Crippen molar-refractivity contribution in [3.63, 3.8) is 0 Å². The molecular formula is C16H17F2NO. The highest BCUT2D eigenvalue weighted by molar-refractivity contribution is 5.37. The topological polar surface area (TPSA) is 35.2 Å². The molecule has 0 bridgehead atoms. The van der Waals surface area contributed by atoms with E-state index >= 15 is 0 Å². The molecule has 0 saturated carbocycles. The van der Waals surface area contributed by atoms with Crippen molar-refractivity contribution >= 4 is 0 Å². The first kappa shape index (κ1) is 14.5. The van der Waals surface area contributed by atoms with Gasteiger partial charge in [0.15, 0.2) is 0 Å². The third-order valence-corrected chi connectivity index (χ3v) is 3.00. The molecule has 0 aromatic heterocycles. The minimum atomic E-state index is -0.592. The zero-order valence-corrected chi connectivity index (χ0v) is 11.3. The average molecular weight is 277 g/mol. The van der Waals surface area contributed by atoms with E-state index in [1.165, 1.54) is 12.1 Å². The molecule has 2 N–H and O–H groups in total. The van der Waals surface area contributed by atoms with Crippen LogP contribution in [0.15, 0.2) is 42.5 Å². The van der Waals surface area contributed by atoms with E-state index in [4.69, 9.17) is 10.5 Å². The molecule has 1 unspecified atom stereocenters. The van der Waals surface area contributed by atoms with Gasteiger partial charge in [0.1, 0.15) is 17.4 Å². The van der Waals surface area contributed by atoms with Gasteiger partial charge in [-0.1, -0.05) is 18.2 Å². The summed E-state index contributed by atoms with van der Waals surface area (Å²) in [4.78, 5) is 0. The van der Waals surface area contributed by atoms with Gasteiger partial charge in [-0.3, -0.25) is 0 Å². The van der Waals surface area contributed by atoms with Crippen LogP contribution in [0, 0.1) is 11.6 Å². The van der Waals surface area contributed by atoms with Gasteiger partial charge in [0, 0.05) is 17.7 Å². The van der Waals surface area contributed by atoms with Crippen molar-refractivity contribution in [3.8, 4) is 5.75 Å². The van der Waals surface area contributed by atoms with Crippen molar-refractivity contribution in [2.45, 2.75) is 19.4 Å². The number of nitrogens with two attached hydrogens (primary N) is 1. The van der Waals surface area contributed by atoms with Gasteiger partial charge in [0.2, 0.25) is 0 Å². The van der Waals surface area contributed by atoms with Gasteiger partial charge in [-0.05, 0) is 37.1 Å². The highest BCUT2D eigenvalue weighted by Gasteiger charge is 2.13. The Bertz CT molecular complexity index is 566.